The molecule has 0 aliphatic carbocycles. The minimum atomic E-state index is -3.56. The minimum Gasteiger partial charge on any atom is -0.419 e. The summed E-state index contributed by atoms with van der Waals surface area (Å²) in [6, 6.07) is 3.54. The Bertz CT molecular complexity index is 1170. The van der Waals surface area contributed by atoms with Gasteiger partial charge in [-0.15, -0.1) is 21.5 Å². The molecule has 1 amide bonds. The monoisotopic (exact) mass is 514 g/mol. The van der Waals surface area contributed by atoms with Crippen LogP contribution < -0.4 is 0 Å². The molecule has 1 atom stereocenters. The van der Waals surface area contributed by atoms with E-state index in [0.29, 0.717) is 37.5 Å². The molecular weight excluding hydrogens is 497 g/mol. The van der Waals surface area contributed by atoms with E-state index in [4.69, 9.17) is 32.4 Å². The summed E-state index contributed by atoms with van der Waals surface area (Å²) in [7, 11) is 0. The average Bonchev–Trinajstić information content (AvgIpc) is 3.56. The zero-order valence-corrected chi connectivity index (χ0v) is 19.5. The first-order chi connectivity index (χ1) is 15.8. The maximum absolute atomic E-state index is 15.1. The molecule has 174 valence electrons. The first-order valence-corrected chi connectivity index (χ1v) is 11.9. The van der Waals surface area contributed by atoms with Gasteiger partial charge in [0.2, 0.25) is 5.89 Å². The lowest BCUT2D eigenvalue weighted by molar-refractivity contribution is 0.00150. The van der Waals surface area contributed by atoms with Gasteiger partial charge in [-0.25, -0.2) is 0 Å². The second-order valence-electron chi connectivity index (χ2n) is 8.23. The van der Waals surface area contributed by atoms with Crippen LogP contribution in [0.1, 0.15) is 45.8 Å². The van der Waals surface area contributed by atoms with Crippen LogP contribution in [0.15, 0.2) is 34.3 Å². The van der Waals surface area contributed by atoms with Crippen molar-refractivity contribution in [2.45, 2.75) is 24.7 Å². The van der Waals surface area contributed by atoms with E-state index in [1.54, 1.807) is 10.4 Å². The van der Waals surface area contributed by atoms with E-state index >= 15 is 8.78 Å². The van der Waals surface area contributed by atoms with Crippen molar-refractivity contribution < 1.29 is 22.7 Å². The van der Waals surface area contributed by atoms with Gasteiger partial charge in [0.25, 0.3) is 11.8 Å². The molecule has 0 N–H and O–H groups in total. The maximum atomic E-state index is 15.1. The summed E-state index contributed by atoms with van der Waals surface area (Å²) in [5.41, 5.74) is 0.808. The van der Waals surface area contributed by atoms with E-state index in [9.17, 15) is 4.79 Å². The summed E-state index contributed by atoms with van der Waals surface area (Å²) >= 11 is 13.0. The lowest BCUT2D eigenvalue weighted by Gasteiger charge is -2.36. The number of hydrogen-bond donors (Lipinski definition) is 0. The highest BCUT2D eigenvalue weighted by Gasteiger charge is 2.52. The van der Waals surface area contributed by atoms with Crippen molar-refractivity contribution in [3.63, 3.8) is 0 Å². The largest absolute Gasteiger partial charge is 0.419 e. The Labute approximate surface area is 201 Å². The standard InChI is InChI=1S/C21H18Cl2F2N4O3S/c22-14-2-1-12(7-15(14)23)21(24,25)19-28-27-17(32-19)13-9-29(18(30)16-8-26-11-33-16)10-20(13)3-5-31-6-4-20/h1-2,7-8,11,13H,3-6,9-10H2. The highest BCUT2D eigenvalue weighted by atomic mass is 35.5. The van der Waals surface area contributed by atoms with Gasteiger partial charge < -0.3 is 14.1 Å². The Balaban J connectivity index is 1.46. The van der Waals surface area contributed by atoms with E-state index in [2.05, 4.69) is 15.2 Å². The molecule has 0 radical (unpaired) electrons. The number of likely N-dealkylation sites (tertiary alicyclic amines) is 1. The Morgan fingerprint density at radius 3 is 2.70 bits per heavy atom. The summed E-state index contributed by atoms with van der Waals surface area (Å²) in [5.74, 6) is -4.83. The fourth-order valence-electron chi connectivity index (χ4n) is 4.54. The maximum Gasteiger partial charge on any atom is 0.349 e. The number of rotatable bonds is 4. The zero-order valence-electron chi connectivity index (χ0n) is 17.1. The molecule has 2 aliphatic rings. The molecule has 2 saturated heterocycles. The number of nitrogens with zero attached hydrogens (tertiary/aromatic N) is 4. The first-order valence-electron chi connectivity index (χ1n) is 10.2. The van der Waals surface area contributed by atoms with Crippen LogP contribution in [0.3, 0.4) is 0 Å². The molecule has 3 aromatic rings. The SMILES string of the molecule is O=C(c1cncs1)N1CC(c2nnc(C(F)(F)c3ccc(Cl)c(Cl)c3)o2)C2(CCOCC2)C1. The molecule has 0 saturated carbocycles. The average molecular weight is 515 g/mol. The van der Waals surface area contributed by atoms with E-state index < -0.39 is 17.4 Å². The number of alkyl halides is 2. The number of carbonyl (C=O) groups excluding carboxylic acids is 1. The molecule has 1 spiro atoms. The number of halogens is 4. The summed E-state index contributed by atoms with van der Waals surface area (Å²) in [4.78, 5) is 19.2. The molecule has 5 rings (SSSR count). The lowest BCUT2D eigenvalue weighted by atomic mass is 9.72. The molecule has 1 aromatic carbocycles. The Kier molecular flexibility index (Phi) is 5.88. The van der Waals surface area contributed by atoms with Crippen LogP contribution in [0.2, 0.25) is 10.0 Å². The van der Waals surface area contributed by atoms with Crippen molar-refractivity contribution >= 4 is 40.4 Å². The van der Waals surface area contributed by atoms with Gasteiger partial charge in [0.15, 0.2) is 0 Å². The third-order valence-corrected chi connectivity index (χ3v) is 7.86. The molecule has 2 aromatic heterocycles. The molecular formula is C21H18Cl2F2N4O3S. The molecule has 33 heavy (non-hydrogen) atoms. The molecule has 12 heteroatoms. The first kappa shape index (κ1) is 22.6. The van der Waals surface area contributed by atoms with Crippen LogP contribution in [0.5, 0.6) is 0 Å². The molecule has 0 bridgehead atoms. The van der Waals surface area contributed by atoms with Gasteiger partial charge in [0, 0.05) is 37.3 Å². The second-order valence-corrected chi connectivity index (χ2v) is 9.93. The van der Waals surface area contributed by atoms with Crippen LogP contribution in [0, 0.1) is 5.41 Å². The normalized spacial score (nSPS) is 20.5. The fraction of sp³-hybridized carbons (Fsp3) is 0.429. The molecule has 1 unspecified atom stereocenters. The summed E-state index contributed by atoms with van der Waals surface area (Å²) in [6.45, 7) is 1.77. The van der Waals surface area contributed by atoms with Crippen molar-refractivity contribution in [3.8, 4) is 0 Å². The molecule has 4 heterocycles. The van der Waals surface area contributed by atoms with E-state index in [1.807, 2.05) is 0 Å². The zero-order chi connectivity index (χ0) is 23.2. The number of carbonyl (C=O) groups is 1. The van der Waals surface area contributed by atoms with Crippen molar-refractivity contribution in [1.29, 1.82) is 0 Å². The second kappa shape index (κ2) is 8.57. The van der Waals surface area contributed by atoms with Crippen molar-refractivity contribution in [3.05, 3.63) is 62.2 Å². The van der Waals surface area contributed by atoms with E-state index in [0.717, 1.165) is 6.07 Å². The number of ether oxygens (including phenoxy) is 1. The van der Waals surface area contributed by atoms with Crippen molar-refractivity contribution in [2.75, 3.05) is 26.3 Å². The molecule has 7 nitrogen and oxygen atoms in total. The van der Waals surface area contributed by atoms with E-state index in [1.165, 1.54) is 29.7 Å². The minimum absolute atomic E-state index is 0.00255. The quantitative estimate of drug-likeness (QED) is 0.486. The highest BCUT2D eigenvalue weighted by molar-refractivity contribution is 7.11. The van der Waals surface area contributed by atoms with Gasteiger partial charge in [-0.2, -0.15) is 8.78 Å². The molecule has 2 aliphatic heterocycles. The summed E-state index contributed by atoms with van der Waals surface area (Å²) in [6.07, 6.45) is 2.84. The van der Waals surface area contributed by atoms with Gasteiger partial charge in [0.05, 0.1) is 27.7 Å². The van der Waals surface area contributed by atoms with Crippen LogP contribution in [-0.2, 0) is 10.7 Å². The fourth-order valence-corrected chi connectivity index (χ4v) is 5.43. The van der Waals surface area contributed by atoms with Crippen molar-refractivity contribution in [2.24, 2.45) is 5.41 Å². The summed E-state index contributed by atoms with van der Waals surface area (Å²) < 4.78 is 41.4. The number of aromatic nitrogens is 3. The molecule has 2 fully saturated rings. The Hall–Kier alpha value is -2.14. The van der Waals surface area contributed by atoms with Gasteiger partial charge in [-0.3, -0.25) is 9.78 Å². The number of hydrogen-bond acceptors (Lipinski definition) is 7. The highest BCUT2D eigenvalue weighted by Crippen LogP contribution is 2.50. The lowest BCUT2D eigenvalue weighted by Crippen LogP contribution is -2.37. The Morgan fingerprint density at radius 2 is 2.00 bits per heavy atom. The third-order valence-electron chi connectivity index (χ3n) is 6.36. The van der Waals surface area contributed by atoms with Crippen LogP contribution in [0.25, 0.3) is 0 Å². The van der Waals surface area contributed by atoms with E-state index in [-0.39, 0.29) is 39.7 Å². The van der Waals surface area contributed by atoms with Crippen LogP contribution >= 0.6 is 34.5 Å². The van der Waals surface area contributed by atoms with Crippen molar-refractivity contribution in [1.82, 2.24) is 20.1 Å². The van der Waals surface area contributed by atoms with Crippen LogP contribution in [0.4, 0.5) is 8.78 Å². The predicted octanol–water partition coefficient (Wildman–Crippen LogP) is 5.01. The van der Waals surface area contributed by atoms with Crippen LogP contribution in [-0.4, -0.2) is 52.3 Å². The Morgan fingerprint density at radius 1 is 1.21 bits per heavy atom. The number of thiazole rings is 1. The topological polar surface area (TPSA) is 81.4 Å². The third kappa shape index (κ3) is 4.03. The summed E-state index contributed by atoms with van der Waals surface area (Å²) in [5, 5.41) is 7.83. The van der Waals surface area contributed by atoms with Gasteiger partial charge in [-0.05, 0) is 25.0 Å². The predicted molar refractivity (Wildman–Crippen MR) is 117 cm³/mol. The van der Waals surface area contributed by atoms with Gasteiger partial charge >= 0.3 is 5.92 Å². The van der Waals surface area contributed by atoms with Gasteiger partial charge in [0.1, 0.15) is 4.88 Å². The smallest absolute Gasteiger partial charge is 0.349 e. The van der Waals surface area contributed by atoms with Gasteiger partial charge in [-0.1, -0.05) is 29.3 Å². The number of amides is 1. The number of benzene rings is 1.